The van der Waals surface area contributed by atoms with Crippen molar-refractivity contribution in [2.24, 2.45) is 0 Å². The summed E-state index contributed by atoms with van der Waals surface area (Å²) >= 11 is 0. The van der Waals surface area contributed by atoms with Crippen molar-refractivity contribution < 1.29 is 9.47 Å². The Balaban J connectivity index is 1.70. The van der Waals surface area contributed by atoms with E-state index in [0.29, 0.717) is 0 Å². The van der Waals surface area contributed by atoms with Gasteiger partial charge in [-0.3, -0.25) is 4.90 Å². The van der Waals surface area contributed by atoms with Crippen LogP contribution < -0.4 is 5.32 Å². The Morgan fingerprint density at radius 2 is 1.61 bits per heavy atom. The summed E-state index contributed by atoms with van der Waals surface area (Å²) in [5.74, 6) is 0. The third-order valence-corrected chi connectivity index (χ3v) is 4.06. The van der Waals surface area contributed by atoms with Gasteiger partial charge in [0.1, 0.15) is 0 Å². The summed E-state index contributed by atoms with van der Waals surface area (Å²) in [6.07, 6.45) is 1.74. The molecule has 5 heteroatoms. The SMILES string of the molecule is COC1CN(CCN2CCCNCC2)CC1OC. The maximum atomic E-state index is 5.47. The van der Waals surface area contributed by atoms with Gasteiger partial charge >= 0.3 is 0 Å². The molecule has 2 heterocycles. The molecule has 0 bridgehead atoms. The molecular formula is C13H27N3O2. The van der Waals surface area contributed by atoms with E-state index in [0.717, 1.165) is 39.3 Å². The number of nitrogens with zero attached hydrogens (tertiary/aromatic N) is 2. The number of ether oxygens (including phenoxy) is 2. The van der Waals surface area contributed by atoms with Crippen molar-refractivity contribution in [3.63, 3.8) is 0 Å². The molecule has 2 aliphatic heterocycles. The first-order chi connectivity index (χ1) is 8.83. The normalized spacial score (nSPS) is 31.7. The molecule has 0 aromatic heterocycles. The molecule has 2 unspecified atom stereocenters. The number of likely N-dealkylation sites (tertiary alicyclic amines) is 1. The molecule has 0 radical (unpaired) electrons. The van der Waals surface area contributed by atoms with Crippen LogP contribution in [0.25, 0.3) is 0 Å². The third-order valence-electron chi connectivity index (χ3n) is 4.06. The van der Waals surface area contributed by atoms with Gasteiger partial charge in [-0.05, 0) is 19.5 Å². The summed E-state index contributed by atoms with van der Waals surface area (Å²) in [6.45, 7) is 8.98. The van der Waals surface area contributed by atoms with Crippen LogP contribution in [0.4, 0.5) is 0 Å². The highest BCUT2D eigenvalue weighted by molar-refractivity contribution is 4.86. The highest BCUT2D eigenvalue weighted by Gasteiger charge is 2.32. The van der Waals surface area contributed by atoms with E-state index in [9.17, 15) is 0 Å². The Bertz CT molecular complexity index is 220. The van der Waals surface area contributed by atoms with E-state index < -0.39 is 0 Å². The Morgan fingerprint density at radius 1 is 0.944 bits per heavy atom. The smallest absolute Gasteiger partial charge is 0.0971 e. The first kappa shape index (κ1) is 14.2. The fourth-order valence-electron chi connectivity index (χ4n) is 2.86. The Kier molecular flexibility index (Phi) is 5.85. The van der Waals surface area contributed by atoms with Crippen LogP contribution in [0.15, 0.2) is 0 Å². The number of hydrogen-bond acceptors (Lipinski definition) is 5. The van der Waals surface area contributed by atoms with Crippen molar-refractivity contribution >= 4 is 0 Å². The van der Waals surface area contributed by atoms with Crippen LogP contribution in [-0.2, 0) is 9.47 Å². The molecule has 0 aromatic rings. The zero-order valence-electron chi connectivity index (χ0n) is 11.7. The van der Waals surface area contributed by atoms with Crippen molar-refractivity contribution in [2.75, 3.05) is 66.6 Å². The highest BCUT2D eigenvalue weighted by atomic mass is 16.5. The molecule has 5 nitrogen and oxygen atoms in total. The van der Waals surface area contributed by atoms with Crippen molar-refractivity contribution in [1.29, 1.82) is 0 Å². The van der Waals surface area contributed by atoms with E-state index in [1.807, 2.05) is 0 Å². The number of rotatable bonds is 5. The van der Waals surface area contributed by atoms with Gasteiger partial charge in [-0.25, -0.2) is 0 Å². The first-order valence-corrected chi connectivity index (χ1v) is 7.04. The molecular weight excluding hydrogens is 230 g/mol. The fourth-order valence-corrected chi connectivity index (χ4v) is 2.86. The maximum Gasteiger partial charge on any atom is 0.0971 e. The van der Waals surface area contributed by atoms with Crippen molar-refractivity contribution in [3.8, 4) is 0 Å². The van der Waals surface area contributed by atoms with Crippen LogP contribution in [-0.4, -0.2) is 88.6 Å². The predicted molar refractivity (Wildman–Crippen MR) is 72.0 cm³/mol. The average Bonchev–Trinajstić information content (AvgIpc) is 2.62. The molecule has 2 fully saturated rings. The van der Waals surface area contributed by atoms with E-state index in [-0.39, 0.29) is 12.2 Å². The number of hydrogen-bond donors (Lipinski definition) is 1. The van der Waals surface area contributed by atoms with Gasteiger partial charge in [0.2, 0.25) is 0 Å². The molecule has 2 rings (SSSR count). The topological polar surface area (TPSA) is 37.0 Å². The summed E-state index contributed by atoms with van der Waals surface area (Å²) in [5.41, 5.74) is 0. The average molecular weight is 257 g/mol. The second kappa shape index (κ2) is 7.40. The van der Waals surface area contributed by atoms with Crippen LogP contribution in [0, 0.1) is 0 Å². The highest BCUT2D eigenvalue weighted by Crippen LogP contribution is 2.15. The van der Waals surface area contributed by atoms with Gasteiger partial charge in [0.25, 0.3) is 0 Å². The minimum Gasteiger partial charge on any atom is -0.377 e. The lowest BCUT2D eigenvalue weighted by molar-refractivity contribution is -0.00461. The number of methoxy groups -OCH3 is 2. The van der Waals surface area contributed by atoms with Gasteiger partial charge in [0, 0.05) is 53.5 Å². The maximum absolute atomic E-state index is 5.47. The third kappa shape index (κ3) is 3.90. The van der Waals surface area contributed by atoms with E-state index in [2.05, 4.69) is 15.1 Å². The Hall–Kier alpha value is -0.200. The number of nitrogens with one attached hydrogen (secondary N) is 1. The standard InChI is InChI=1S/C13H27N3O2/c1-17-12-10-16(11-13(12)18-2)9-8-15-6-3-4-14-5-7-15/h12-14H,3-11H2,1-2H3. The largest absolute Gasteiger partial charge is 0.377 e. The quantitative estimate of drug-likeness (QED) is 0.727. The van der Waals surface area contributed by atoms with Crippen LogP contribution in [0.5, 0.6) is 0 Å². The van der Waals surface area contributed by atoms with E-state index >= 15 is 0 Å². The first-order valence-electron chi connectivity index (χ1n) is 7.04. The fraction of sp³-hybridized carbons (Fsp3) is 1.00. The lowest BCUT2D eigenvalue weighted by atomic mass is 10.3. The van der Waals surface area contributed by atoms with E-state index in [1.54, 1.807) is 14.2 Å². The van der Waals surface area contributed by atoms with Crippen molar-refractivity contribution in [2.45, 2.75) is 18.6 Å². The lowest BCUT2D eigenvalue weighted by Gasteiger charge is -2.23. The van der Waals surface area contributed by atoms with Gasteiger partial charge in [-0.15, -0.1) is 0 Å². The minimum absolute atomic E-state index is 0.237. The van der Waals surface area contributed by atoms with Crippen molar-refractivity contribution in [1.82, 2.24) is 15.1 Å². The monoisotopic (exact) mass is 257 g/mol. The second-order valence-corrected chi connectivity index (χ2v) is 5.25. The van der Waals surface area contributed by atoms with Gasteiger partial charge in [0.05, 0.1) is 12.2 Å². The zero-order valence-corrected chi connectivity index (χ0v) is 11.7. The lowest BCUT2D eigenvalue weighted by Crippen LogP contribution is -2.36. The van der Waals surface area contributed by atoms with Crippen molar-refractivity contribution in [3.05, 3.63) is 0 Å². The molecule has 106 valence electrons. The minimum atomic E-state index is 0.237. The summed E-state index contributed by atoms with van der Waals surface area (Å²) in [5, 5.41) is 3.44. The summed E-state index contributed by atoms with van der Waals surface area (Å²) in [7, 11) is 3.56. The molecule has 1 N–H and O–H groups in total. The molecule has 18 heavy (non-hydrogen) atoms. The summed E-state index contributed by atoms with van der Waals surface area (Å²) in [6, 6.07) is 0. The summed E-state index contributed by atoms with van der Waals surface area (Å²) in [4.78, 5) is 5.02. The van der Waals surface area contributed by atoms with E-state index in [4.69, 9.17) is 9.47 Å². The Morgan fingerprint density at radius 3 is 2.28 bits per heavy atom. The second-order valence-electron chi connectivity index (χ2n) is 5.25. The summed E-state index contributed by atoms with van der Waals surface area (Å²) < 4.78 is 10.9. The van der Waals surface area contributed by atoms with Crippen LogP contribution in [0.1, 0.15) is 6.42 Å². The molecule has 2 atom stereocenters. The van der Waals surface area contributed by atoms with Crippen LogP contribution >= 0.6 is 0 Å². The molecule has 0 spiro atoms. The van der Waals surface area contributed by atoms with Crippen LogP contribution in [0.2, 0.25) is 0 Å². The van der Waals surface area contributed by atoms with Gasteiger partial charge < -0.3 is 19.7 Å². The zero-order chi connectivity index (χ0) is 12.8. The van der Waals surface area contributed by atoms with Gasteiger partial charge in [0.15, 0.2) is 0 Å². The predicted octanol–water partition coefficient (Wildman–Crippen LogP) is -0.373. The van der Waals surface area contributed by atoms with Crippen LogP contribution in [0.3, 0.4) is 0 Å². The molecule has 0 amide bonds. The van der Waals surface area contributed by atoms with E-state index in [1.165, 1.54) is 19.5 Å². The molecule has 0 aliphatic carbocycles. The van der Waals surface area contributed by atoms with Gasteiger partial charge in [-0.2, -0.15) is 0 Å². The molecule has 0 saturated carbocycles. The molecule has 0 aromatic carbocycles. The Labute approximate surface area is 110 Å². The molecule has 2 saturated heterocycles. The molecule has 2 aliphatic rings. The van der Waals surface area contributed by atoms with Gasteiger partial charge in [-0.1, -0.05) is 0 Å².